The van der Waals surface area contributed by atoms with Crippen LogP contribution in [0.2, 0.25) is 0 Å². The molecule has 0 aromatic heterocycles. The number of aliphatic imine (C=N–C) groups is 1. The van der Waals surface area contributed by atoms with Gasteiger partial charge < -0.3 is 15.5 Å². The van der Waals surface area contributed by atoms with Crippen molar-refractivity contribution in [2.45, 2.75) is 25.4 Å². The molecule has 1 aliphatic heterocycles. The summed E-state index contributed by atoms with van der Waals surface area (Å²) in [5.41, 5.74) is 2.66. The summed E-state index contributed by atoms with van der Waals surface area (Å²) in [7, 11) is 1.75. The Hall–Kier alpha value is -2.34. The maximum Gasteiger partial charge on any atom is 0.191 e. The number of nitrogens with one attached hydrogen (secondary N) is 2. The van der Waals surface area contributed by atoms with Gasteiger partial charge in [-0.2, -0.15) is 5.26 Å². The van der Waals surface area contributed by atoms with Crippen LogP contribution in [0, 0.1) is 17.1 Å². The number of guanidine groups is 1. The average molecular weight is 493 g/mol. The van der Waals surface area contributed by atoms with Crippen LogP contribution in [0.5, 0.6) is 0 Å². The van der Waals surface area contributed by atoms with E-state index in [1.54, 1.807) is 19.2 Å². The Morgan fingerprint density at radius 1 is 1.29 bits per heavy atom. The maximum atomic E-state index is 13.5. The lowest BCUT2D eigenvalue weighted by Gasteiger charge is -2.35. The molecule has 0 spiro atoms. The number of benzene rings is 2. The van der Waals surface area contributed by atoms with E-state index in [0.717, 1.165) is 43.1 Å². The van der Waals surface area contributed by atoms with Gasteiger partial charge in [0.1, 0.15) is 5.82 Å². The van der Waals surface area contributed by atoms with Gasteiger partial charge >= 0.3 is 0 Å². The molecule has 0 radical (unpaired) electrons. The molecule has 0 bridgehead atoms. The van der Waals surface area contributed by atoms with Crippen LogP contribution in [-0.2, 0) is 6.54 Å². The number of anilines is 1. The van der Waals surface area contributed by atoms with Gasteiger partial charge in [-0.15, -0.1) is 24.0 Å². The summed E-state index contributed by atoms with van der Waals surface area (Å²) in [5, 5.41) is 15.6. The minimum Gasteiger partial charge on any atom is -0.369 e. The first-order chi connectivity index (χ1) is 13.2. The fourth-order valence-corrected chi connectivity index (χ4v) is 3.27. The highest BCUT2D eigenvalue weighted by Crippen LogP contribution is 2.20. The lowest BCUT2D eigenvalue weighted by Crippen LogP contribution is -2.51. The molecule has 148 valence electrons. The Bertz CT molecular complexity index is 831. The molecular formula is C21H25FIN5. The predicted octanol–water partition coefficient (Wildman–Crippen LogP) is 3.65. The second-order valence-electron chi connectivity index (χ2n) is 6.64. The second kappa shape index (κ2) is 10.9. The standard InChI is InChI=1S/C21H24FN5.HI/c1-24-21(25-14-17-9-7-16(13-23)8-10-17)26-19-5-3-11-27(15-19)20-6-2-4-18(22)12-20;/h2,4,6-10,12,19H,3,5,11,14-15H2,1H3,(H2,24,25,26);1H. The van der Waals surface area contributed by atoms with E-state index in [-0.39, 0.29) is 35.8 Å². The molecule has 1 saturated heterocycles. The van der Waals surface area contributed by atoms with Crippen LogP contribution in [0.4, 0.5) is 10.1 Å². The van der Waals surface area contributed by atoms with Crippen LogP contribution in [0.3, 0.4) is 0 Å². The smallest absolute Gasteiger partial charge is 0.191 e. The van der Waals surface area contributed by atoms with Gasteiger partial charge in [0.25, 0.3) is 0 Å². The SMILES string of the molecule is CN=C(NCc1ccc(C#N)cc1)NC1CCCN(c2cccc(F)c2)C1.I. The van der Waals surface area contributed by atoms with Crippen LogP contribution in [0.25, 0.3) is 0 Å². The van der Waals surface area contributed by atoms with E-state index in [9.17, 15) is 4.39 Å². The van der Waals surface area contributed by atoms with Gasteiger partial charge in [0.05, 0.1) is 11.6 Å². The topological polar surface area (TPSA) is 63.5 Å². The summed E-state index contributed by atoms with van der Waals surface area (Å²) in [6, 6.07) is 16.6. The van der Waals surface area contributed by atoms with Crippen LogP contribution in [0.1, 0.15) is 24.0 Å². The Balaban J connectivity index is 0.00000280. The van der Waals surface area contributed by atoms with Crippen molar-refractivity contribution >= 4 is 35.6 Å². The van der Waals surface area contributed by atoms with Crippen molar-refractivity contribution in [1.82, 2.24) is 10.6 Å². The van der Waals surface area contributed by atoms with Crippen molar-refractivity contribution in [2.75, 3.05) is 25.0 Å². The summed E-state index contributed by atoms with van der Waals surface area (Å²) in [5.74, 6) is 0.535. The highest BCUT2D eigenvalue weighted by molar-refractivity contribution is 14.0. The number of halogens is 2. The van der Waals surface area contributed by atoms with Crippen molar-refractivity contribution in [3.63, 3.8) is 0 Å². The van der Waals surface area contributed by atoms with Gasteiger partial charge in [-0.05, 0) is 48.7 Å². The van der Waals surface area contributed by atoms with Gasteiger partial charge in [0, 0.05) is 38.4 Å². The quantitative estimate of drug-likeness (QED) is 0.388. The van der Waals surface area contributed by atoms with Crippen molar-refractivity contribution < 1.29 is 4.39 Å². The zero-order valence-corrected chi connectivity index (χ0v) is 18.2. The molecule has 3 rings (SSSR count). The highest BCUT2D eigenvalue weighted by Gasteiger charge is 2.21. The molecule has 2 aromatic carbocycles. The molecule has 2 aromatic rings. The van der Waals surface area contributed by atoms with Gasteiger partial charge in [0.15, 0.2) is 5.96 Å². The van der Waals surface area contributed by atoms with Gasteiger partial charge in [-0.25, -0.2) is 4.39 Å². The first kappa shape index (κ1) is 22.0. The summed E-state index contributed by atoms with van der Waals surface area (Å²) >= 11 is 0. The molecule has 1 atom stereocenters. The first-order valence-corrected chi connectivity index (χ1v) is 9.14. The number of rotatable bonds is 4. The Kier molecular flexibility index (Phi) is 8.51. The largest absolute Gasteiger partial charge is 0.369 e. The van der Waals surface area contributed by atoms with E-state index >= 15 is 0 Å². The average Bonchev–Trinajstić information content (AvgIpc) is 2.71. The molecule has 0 saturated carbocycles. The fraction of sp³-hybridized carbons (Fsp3) is 0.333. The Morgan fingerprint density at radius 2 is 2.07 bits per heavy atom. The van der Waals surface area contributed by atoms with E-state index in [1.807, 2.05) is 30.3 Å². The van der Waals surface area contributed by atoms with E-state index in [1.165, 1.54) is 6.07 Å². The van der Waals surface area contributed by atoms with Crippen molar-refractivity contribution in [1.29, 1.82) is 5.26 Å². The molecule has 7 heteroatoms. The second-order valence-corrected chi connectivity index (χ2v) is 6.64. The number of nitrogens with zero attached hydrogens (tertiary/aromatic N) is 3. The Labute approximate surface area is 182 Å². The van der Waals surface area contributed by atoms with Crippen LogP contribution in [-0.4, -0.2) is 32.1 Å². The predicted molar refractivity (Wildman–Crippen MR) is 122 cm³/mol. The summed E-state index contributed by atoms with van der Waals surface area (Å²) in [4.78, 5) is 6.51. The maximum absolute atomic E-state index is 13.5. The van der Waals surface area contributed by atoms with Gasteiger partial charge in [0.2, 0.25) is 0 Å². The van der Waals surface area contributed by atoms with E-state index in [0.29, 0.717) is 12.1 Å². The third kappa shape index (κ3) is 6.09. The first-order valence-electron chi connectivity index (χ1n) is 9.14. The third-order valence-electron chi connectivity index (χ3n) is 4.70. The van der Waals surface area contributed by atoms with Crippen LogP contribution < -0.4 is 15.5 Å². The molecule has 0 amide bonds. The molecule has 2 N–H and O–H groups in total. The zero-order chi connectivity index (χ0) is 19.1. The minimum atomic E-state index is -0.206. The van der Waals surface area contributed by atoms with E-state index in [2.05, 4.69) is 26.6 Å². The summed E-state index contributed by atoms with van der Waals surface area (Å²) in [6.07, 6.45) is 2.09. The summed E-state index contributed by atoms with van der Waals surface area (Å²) < 4.78 is 13.5. The lowest BCUT2D eigenvalue weighted by atomic mass is 10.0. The summed E-state index contributed by atoms with van der Waals surface area (Å²) in [6.45, 7) is 2.37. The molecule has 5 nitrogen and oxygen atoms in total. The van der Waals surface area contributed by atoms with Crippen LogP contribution in [0.15, 0.2) is 53.5 Å². The monoisotopic (exact) mass is 493 g/mol. The third-order valence-corrected chi connectivity index (χ3v) is 4.70. The van der Waals surface area contributed by atoms with E-state index < -0.39 is 0 Å². The van der Waals surface area contributed by atoms with Crippen molar-refractivity contribution in [2.24, 2.45) is 4.99 Å². The molecule has 1 fully saturated rings. The van der Waals surface area contributed by atoms with Gasteiger partial charge in [-0.3, -0.25) is 4.99 Å². The molecular weight excluding hydrogens is 468 g/mol. The highest BCUT2D eigenvalue weighted by atomic mass is 127. The normalized spacial score (nSPS) is 16.7. The molecule has 1 aliphatic rings. The van der Waals surface area contributed by atoms with Crippen molar-refractivity contribution in [3.05, 3.63) is 65.5 Å². The molecule has 1 heterocycles. The molecule has 0 aliphatic carbocycles. The number of hydrogen-bond acceptors (Lipinski definition) is 3. The van der Waals surface area contributed by atoms with E-state index in [4.69, 9.17) is 5.26 Å². The molecule has 1 unspecified atom stereocenters. The number of nitriles is 1. The number of piperidine rings is 1. The fourth-order valence-electron chi connectivity index (χ4n) is 3.27. The Morgan fingerprint density at radius 3 is 2.75 bits per heavy atom. The lowest BCUT2D eigenvalue weighted by molar-refractivity contribution is 0.467. The van der Waals surface area contributed by atoms with Crippen molar-refractivity contribution in [3.8, 4) is 6.07 Å². The number of hydrogen-bond donors (Lipinski definition) is 2. The van der Waals surface area contributed by atoms with Gasteiger partial charge in [-0.1, -0.05) is 18.2 Å². The zero-order valence-electron chi connectivity index (χ0n) is 15.9. The molecule has 28 heavy (non-hydrogen) atoms. The van der Waals surface area contributed by atoms with Crippen LogP contribution >= 0.6 is 24.0 Å². The minimum absolute atomic E-state index is 0.